The third kappa shape index (κ3) is 3.51. The van der Waals surface area contributed by atoms with E-state index in [0.29, 0.717) is 0 Å². The minimum atomic E-state index is -3.71. The molecule has 0 spiro atoms. The highest BCUT2D eigenvalue weighted by molar-refractivity contribution is 7.84. The molecule has 0 N–H and O–H groups in total. The molecule has 1 rings (SSSR count). The first-order chi connectivity index (χ1) is 5.62. The first-order valence-corrected chi connectivity index (χ1v) is 11.8. The molecule has 0 bridgehead atoms. The Labute approximate surface area is 81.8 Å². The van der Waals surface area contributed by atoms with Crippen LogP contribution in [0.15, 0.2) is 0 Å². The van der Waals surface area contributed by atoms with Crippen molar-refractivity contribution in [3.63, 3.8) is 0 Å². The molecule has 0 aromatic rings. The Kier molecular flexibility index (Phi) is 2.77. The van der Waals surface area contributed by atoms with Crippen LogP contribution in [-0.4, -0.2) is 25.1 Å². The number of hydrogen-bond acceptors (Lipinski definition) is 4. The predicted molar refractivity (Wildman–Crippen MR) is 55.7 cm³/mol. The molecule has 13 heavy (non-hydrogen) atoms. The van der Waals surface area contributed by atoms with Crippen LogP contribution in [0.5, 0.6) is 0 Å². The molecule has 0 radical (unpaired) electrons. The molecule has 0 aromatic heterocycles. The number of hydrogen-bond donors (Lipinski definition) is 0. The van der Waals surface area contributed by atoms with Crippen LogP contribution < -0.4 is 0 Å². The van der Waals surface area contributed by atoms with E-state index in [9.17, 15) is 8.42 Å². The SMILES string of the molecule is C[Si]1(C)CC[Si](C)(C)OS(=O)(=O)O1. The fourth-order valence-corrected chi connectivity index (χ4v) is 11.6. The van der Waals surface area contributed by atoms with Crippen molar-refractivity contribution in [2.24, 2.45) is 0 Å². The summed E-state index contributed by atoms with van der Waals surface area (Å²) >= 11 is 0. The van der Waals surface area contributed by atoms with Crippen LogP contribution in [0.3, 0.4) is 0 Å². The molecule has 0 aromatic carbocycles. The van der Waals surface area contributed by atoms with Crippen molar-refractivity contribution in [1.29, 1.82) is 0 Å². The Morgan fingerprint density at radius 1 is 0.923 bits per heavy atom. The molecule has 0 atom stereocenters. The summed E-state index contributed by atoms with van der Waals surface area (Å²) in [7, 11) is -7.80. The van der Waals surface area contributed by atoms with Crippen molar-refractivity contribution in [1.82, 2.24) is 0 Å². The third-order valence-electron chi connectivity index (χ3n) is 1.98. The van der Waals surface area contributed by atoms with Gasteiger partial charge in [-0.15, -0.1) is 0 Å². The van der Waals surface area contributed by atoms with Gasteiger partial charge in [0.1, 0.15) is 0 Å². The minimum Gasteiger partial charge on any atom is -0.295 e. The highest BCUT2D eigenvalue weighted by Crippen LogP contribution is 2.29. The van der Waals surface area contributed by atoms with Crippen molar-refractivity contribution in [3.8, 4) is 0 Å². The summed E-state index contributed by atoms with van der Waals surface area (Å²) in [4.78, 5) is 0. The molecule has 1 aliphatic rings. The highest BCUT2D eigenvalue weighted by Gasteiger charge is 2.41. The monoisotopic (exact) mass is 240 g/mol. The van der Waals surface area contributed by atoms with Gasteiger partial charge in [-0.3, -0.25) is 7.74 Å². The Balaban J connectivity index is 2.95. The van der Waals surface area contributed by atoms with Gasteiger partial charge in [-0.25, -0.2) is 0 Å². The second-order valence-electron chi connectivity index (χ2n) is 4.59. The quantitative estimate of drug-likeness (QED) is 0.605. The van der Waals surface area contributed by atoms with E-state index in [1.807, 2.05) is 26.2 Å². The van der Waals surface area contributed by atoms with Gasteiger partial charge >= 0.3 is 10.4 Å². The molecule has 0 aliphatic carbocycles. The zero-order valence-electron chi connectivity index (χ0n) is 8.46. The zero-order chi connectivity index (χ0) is 10.3. The van der Waals surface area contributed by atoms with E-state index in [1.54, 1.807) is 0 Å². The van der Waals surface area contributed by atoms with E-state index >= 15 is 0 Å². The highest BCUT2D eigenvalue weighted by atomic mass is 32.3. The van der Waals surface area contributed by atoms with Gasteiger partial charge in [0.25, 0.3) is 0 Å². The van der Waals surface area contributed by atoms with Crippen LogP contribution in [0.1, 0.15) is 0 Å². The van der Waals surface area contributed by atoms with Gasteiger partial charge in [0.15, 0.2) is 0 Å². The van der Waals surface area contributed by atoms with Crippen LogP contribution in [-0.2, 0) is 18.1 Å². The van der Waals surface area contributed by atoms with Crippen LogP contribution in [0.25, 0.3) is 0 Å². The Morgan fingerprint density at radius 2 is 1.23 bits per heavy atom. The second-order valence-corrected chi connectivity index (χ2v) is 14.8. The van der Waals surface area contributed by atoms with Crippen molar-refractivity contribution < 1.29 is 16.2 Å². The van der Waals surface area contributed by atoms with Gasteiger partial charge in [0, 0.05) is 0 Å². The summed E-state index contributed by atoms with van der Waals surface area (Å²) in [5, 5.41) is 0. The maximum absolute atomic E-state index is 11.3. The van der Waals surface area contributed by atoms with E-state index < -0.39 is 27.0 Å². The first-order valence-electron chi connectivity index (χ1n) is 4.28. The zero-order valence-corrected chi connectivity index (χ0v) is 11.3. The summed E-state index contributed by atoms with van der Waals surface area (Å²) in [6.07, 6.45) is 0. The molecular weight excluding hydrogens is 224 g/mol. The molecule has 0 unspecified atom stereocenters. The summed E-state index contributed by atoms with van der Waals surface area (Å²) in [5.41, 5.74) is 0. The Bertz CT molecular complexity index is 272. The average Bonchev–Trinajstić information content (AvgIpc) is 1.83. The molecule has 78 valence electrons. The van der Waals surface area contributed by atoms with Crippen LogP contribution in [0, 0.1) is 0 Å². The maximum Gasteiger partial charge on any atom is 0.380 e. The van der Waals surface area contributed by atoms with Crippen LogP contribution in [0.2, 0.25) is 38.3 Å². The smallest absolute Gasteiger partial charge is 0.295 e. The van der Waals surface area contributed by atoms with Gasteiger partial charge in [0.05, 0.1) is 0 Å². The summed E-state index contributed by atoms with van der Waals surface area (Å²) in [5.74, 6) is 0. The first kappa shape index (κ1) is 11.4. The van der Waals surface area contributed by atoms with Crippen molar-refractivity contribution in [3.05, 3.63) is 0 Å². The van der Waals surface area contributed by atoms with Gasteiger partial charge in [-0.05, 0) is 38.3 Å². The van der Waals surface area contributed by atoms with E-state index in [0.717, 1.165) is 12.1 Å². The minimum absolute atomic E-state index is 0.867. The average molecular weight is 240 g/mol. The summed E-state index contributed by atoms with van der Waals surface area (Å²) < 4.78 is 32.7. The topological polar surface area (TPSA) is 52.6 Å². The fraction of sp³-hybridized carbons (Fsp3) is 1.00. The molecule has 1 heterocycles. The van der Waals surface area contributed by atoms with Crippen LogP contribution >= 0.6 is 0 Å². The molecule has 1 saturated heterocycles. The number of rotatable bonds is 0. The van der Waals surface area contributed by atoms with E-state index in [-0.39, 0.29) is 0 Å². The molecular formula is C6H16O4SSi2. The second kappa shape index (κ2) is 3.16. The lowest BCUT2D eigenvalue weighted by atomic mass is 10.9. The Morgan fingerprint density at radius 3 is 1.54 bits per heavy atom. The van der Waals surface area contributed by atoms with Gasteiger partial charge in [-0.2, -0.15) is 8.42 Å². The fourth-order valence-electron chi connectivity index (χ4n) is 1.25. The molecule has 0 amide bonds. The van der Waals surface area contributed by atoms with Crippen molar-refractivity contribution >= 4 is 27.0 Å². The lowest BCUT2D eigenvalue weighted by Gasteiger charge is -2.16. The molecule has 1 fully saturated rings. The van der Waals surface area contributed by atoms with E-state index in [4.69, 9.17) is 7.74 Å². The summed E-state index contributed by atoms with van der Waals surface area (Å²) in [6, 6.07) is 1.73. The molecule has 1 aliphatic heterocycles. The predicted octanol–water partition coefficient (Wildman–Crippen LogP) is 1.69. The maximum atomic E-state index is 11.3. The lowest BCUT2D eigenvalue weighted by molar-refractivity contribution is 0.394. The van der Waals surface area contributed by atoms with Gasteiger partial charge in [0.2, 0.25) is 16.6 Å². The van der Waals surface area contributed by atoms with Gasteiger partial charge < -0.3 is 0 Å². The molecule has 0 saturated carbocycles. The largest absolute Gasteiger partial charge is 0.380 e. The van der Waals surface area contributed by atoms with Crippen molar-refractivity contribution in [2.75, 3.05) is 0 Å². The summed E-state index contributed by atoms with van der Waals surface area (Å²) in [6.45, 7) is 7.63. The molecule has 7 heteroatoms. The van der Waals surface area contributed by atoms with E-state index in [2.05, 4.69) is 0 Å². The van der Waals surface area contributed by atoms with Crippen molar-refractivity contribution in [2.45, 2.75) is 38.3 Å². The third-order valence-corrected chi connectivity index (χ3v) is 10.6. The van der Waals surface area contributed by atoms with Crippen LogP contribution in [0.4, 0.5) is 0 Å². The normalized spacial score (nSPS) is 30.8. The van der Waals surface area contributed by atoms with Gasteiger partial charge in [-0.1, -0.05) is 0 Å². The lowest BCUT2D eigenvalue weighted by Crippen LogP contribution is -2.32. The Hall–Kier alpha value is 0.304. The standard InChI is InChI=1S/C6H16O4SSi2/c1-12(2)5-6-13(3,4)10-11(7,8)9-12/h5-6H2,1-4H3. The molecule has 4 nitrogen and oxygen atoms in total. The van der Waals surface area contributed by atoms with E-state index in [1.165, 1.54) is 0 Å².